The Hall–Kier alpha value is -5.34. The first-order chi connectivity index (χ1) is 19.8. The number of nitrogens with one attached hydrogen (secondary N) is 1. The molecule has 0 saturated carbocycles. The molecule has 0 aliphatic heterocycles. The van der Waals surface area contributed by atoms with Gasteiger partial charge in [0.05, 0.1) is 11.1 Å². The Morgan fingerprint density at radius 1 is 1.12 bits per heavy atom. The fourth-order valence-electron chi connectivity index (χ4n) is 3.68. The summed E-state index contributed by atoms with van der Waals surface area (Å²) in [7, 11) is 0. The molecule has 3 N–H and O–H groups in total. The third-order valence-corrected chi connectivity index (χ3v) is 6.34. The fraction of sp³-hybridized carbons (Fsp3) is 0.0400. The van der Waals surface area contributed by atoms with Crippen LogP contribution in [0, 0.1) is 10.1 Å². The SMILES string of the molecule is Nc1nonc1-n1nnc(-c2ccccc2)c1C(=O)NN=Cc1cc([N+](=O)[O-])ccc1OCc1c(Cl)cccc1Cl. The number of anilines is 1. The molecule has 0 aliphatic rings. The lowest BCUT2D eigenvalue weighted by molar-refractivity contribution is -0.384. The fourth-order valence-corrected chi connectivity index (χ4v) is 4.18. The molecule has 16 heteroatoms. The third kappa shape index (κ3) is 5.83. The van der Waals surface area contributed by atoms with E-state index in [1.54, 1.807) is 48.5 Å². The maximum Gasteiger partial charge on any atom is 0.292 e. The van der Waals surface area contributed by atoms with Crippen LogP contribution < -0.4 is 15.9 Å². The summed E-state index contributed by atoms with van der Waals surface area (Å²) in [5.74, 6) is -0.698. The molecule has 2 heterocycles. The quantitative estimate of drug-likeness (QED) is 0.140. The number of hydrazone groups is 1. The van der Waals surface area contributed by atoms with Gasteiger partial charge in [-0.05, 0) is 28.5 Å². The summed E-state index contributed by atoms with van der Waals surface area (Å²) in [5.41, 5.74) is 9.40. The summed E-state index contributed by atoms with van der Waals surface area (Å²) in [4.78, 5) is 24.2. The average molecular weight is 594 g/mol. The zero-order valence-electron chi connectivity index (χ0n) is 20.6. The van der Waals surface area contributed by atoms with Gasteiger partial charge in [0.1, 0.15) is 18.1 Å². The highest BCUT2D eigenvalue weighted by Gasteiger charge is 2.26. The lowest BCUT2D eigenvalue weighted by Gasteiger charge is -2.11. The molecule has 2 aromatic heterocycles. The van der Waals surface area contributed by atoms with Crippen LogP contribution in [0.5, 0.6) is 5.75 Å². The van der Waals surface area contributed by atoms with Crippen molar-refractivity contribution in [3.05, 3.63) is 104 Å². The van der Waals surface area contributed by atoms with Gasteiger partial charge >= 0.3 is 0 Å². The van der Waals surface area contributed by atoms with E-state index in [4.69, 9.17) is 33.7 Å². The van der Waals surface area contributed by atoms with Crippen LogP contribution in [0.25, 0.3) is 17.1 Å². The van der Waals surface area contributed by atoms with Crippen LogP contribution >= 0.6 is 23.2 Å². The minimum atomic E-state index is -0.747. The van der Waals surface area contributed by atoms with Crippen LogP contribution in [0.15, 0.2) is 76.5 Å². The van der Waals surface area contributed by atoms with Crippen LogP contribution in [0.4, 0.5) is 11.5 Å². The largest absolute Gasteiger partial charge is 0.488 e. The van der Waals surface area contributed by atoms with Crippen molar-refractivity contribution >= 4 is 46.8 Å². The number of benzene rings is 3. The predicted molar refractivity (Wildman–Crippen MR) is 148 cm³/mol. The van der Waals surface area contributed by atoms with E-state index >= 15 is 0 Å². The molecule has 3 aromatic carbocycles. The Kier molecular flexibility index (Phi) is 7.85. The van der Waals surface area contributed by atoms with Gasteiger partial charge in [0.25, 0.3) is 11.6 Å². The van der Waals surface area contributed by atoms with Crippen LogP contribution in [-0.2, 0) is 6.61 Å². The number of hydrogen-bond acceptors (Lipinski definition) is 11. The molecule has 14 nitrogen and oxygen atoms in total. The van der Waals surface area contributed by atoms with E-state index in [1.807, 2.05) is 0 Å². The maximum atomic E-state index is 13.3. The minimum Gasteiger partial charge on any atom is -0.488 e. The van der Waals surface area contributed by atoms with Crippen molar-refractivity contribution in [1.82, 2.24) is 30.7 Å². The second-order valence-corrected chi connectivity index (χ2v) is 9.02. The molecule has 0 unspecified atom stereocenters. The molecule has 41 heavy (non-hydrogen) atoms. The van der Waals surface area contributed by atoms with E-state index in [0.29, 0.717) is 21.2 Å². The number of nitro groups is 1. The number of nitrogens with zero attached hydrogens (tertiary/aromatic N) is 7. The molecule has 206 valence electrons. The molecule has 0 bridgehead atoms. The Balaban J connectivity index is 1.44. The van der Waals surface area contributed by atoms with Gasteiger partial charge in [-0.15, -0.1) is 5.10 Å². The number of aromatic nitrogens is 5. The van der Waals surface area contributed by atoms with Crippen molar-refractivity contribution in [3.8, 4) is 22.8 Å². The number of rotatable bonds is 9. The standard InChI is InChI=1S/C25H17Cl2N9O5/c26-18-7-4-8-19(27)17(18)13-40-20-10-9-16(36(38)39)11-15(20)12-29-31-25(37)22-21(14-5-2-1-3-6-14)30-34-35(22)24-23(28)32-41-33-24/h1-12H,13H2,(H2,28,32)(H,31,37). The van der Waals surface area contributed by atoms with Gasteiger partial charge < -0.3 is 10.5 Å². The third-order valence-electron chi connectivity index (χ3n) is 5.64. The molecule has 0 saturated heterocycles. The number of carbonyl (C=O) groups excluding carboxylic acids is 1. The first-order valence-corrected chi connectivity index (χ1v) is 12.4. The summed E-state index contributed by atoms with van der Waals surface area (Å²) < 4.78 is 11.6. The number of carbonyl (C=O) groups is 1. The average Bonchev–Trinajstić information content (AvgIpc) is 3.59. The highest BCUT2D eigenvalue weighted by Crippen LogP contribution is 2.29. The lowest BCUT2D eigenvalue weighted by atomic mass is 10.1. The van der Waals surface area contributed by atoms with Crippen molar-refractivity contribution in [2.24, 2.45) is 5.10 Å². The molecule has 0 aliphatic carbocycles. The Morgan fingerprint density at radius 3 is 2.56 bits per heavy atom. The van der Waals surface area contributed by atoms with Gasteiger partial charge in [0, 0.05) is 38.9 Å². The van der Waals surface area contributed by atoms with Gasteiger partial charge in [-0.3, -0.25) is 14.9 Å². The van der Waals surface area contributed by atoms with E-state index < -0.39 is 10.8 Å². The highest BCUT2D eigenvalue weighted by molar-refractivity contribution is 6.35. The molecule has 1 amide bonds. The topological polar surface area (TPSA) is 189 Å². The zero-order chi connectivity index (χ0) is 28.9. The van der Waals surface area contributed by atoms with Crippen molar-refractivity contribution < 1.29 is 19.1 Å². The number of nitro benzene ring substituents is 1. The Labute approximate surface area is 240 Å². The predicted octanol–water partition coefficient (Wildman–Crippen LogP) is 4.46. The monoisotopic (exact) mass is 593 g/mol. The molecule has 5 rings (SSSR count). The van der Waals surface area contributed by atoms with Gasteiger partial charge in [0.15, 0.2) is 5.69 Å². The molecular formula is C25H17Cl2N9O5. The van der Waals surface area contributed by atoms with Gasteiger partial charge in [-0.2, -0.15) is 9.78 Å². The molecule has 0 atom stereocenters. The maximum absolute atomic E-state index is 13.3. The number of nitrogens with two attached hydrogens (primary N) is 1. The minimum absolute atomic E-state index is 0.0258. The first kappa shape index (κ1) is 27.2. The number of halogens is 2. The lowest BCUT2D eigenvalue weighted by Crippen LogP contribution is -2.22. The number of hydrogen-bond donors (Lipinski definition) is 2. The molecule has 0 spiro atoms. The van der Waals surface area contributed by atoms with Crippen molar-refractivity contribution in [1.29, 1.82) is 0 Å². The van der Waals surface area contributed by atoms with E-state index in [1.165, 1.54) is 24.4 Å². The number of amides is 1. The summed E-state index contributed by atoms with van der Waals surface area (Å²) in [6.45, 7) is -0.0258. The summed E-state index contributed by atoms with van der Waals surface area (Å²) in [5, 5.41) is 31.5. The van der Waals surface area contributed by atoms with Crippen LogP contribution in [-0.4, -0.2) is 42.4 Å². The normalized spacial score (nSPS) is 11.1. The molecule has 5 aromatic rings. The summed E-state index contributed by atoms with van der Waals surface area (Å²) in [6.07, 6.45) is 1.19. The van der Waals surface area contributed by atoms with Crippen LogP contribution in [0.2, 0.25) is 10.0 Å². The zero-order valence-corrected chi connectivity index (χ0v) is 22.2. The smallest absolute Gasteiger partial charge is 0.292 e. The highest BCUT2D eigenvalue weighted by atomic mass is 35.5. The van der Waals surface area contributed by atoms with E-state index in [-0.39, 0.29) is 46.6 Å². The Bertz CT molecular complexity index is 1750. The van der Waals surface area contributed by atoms with Crippen LogP contribution in [0.3, 0.4) is 0 Å². The number of non-ortho nitro benzene ring substituents is 1. The van der Waals surface area contributed by atoms with Crippen molar-refractivity contribution in [2.45, 2.75) is 6.61 Å². The van der Waals surface area contributed by atoms with Crippen molar-refractivity contribution in [3.63, 3.8) is 0 Å². The second-order valence-electron chi connectivity index (χ2n) is 8.20. The number of ether oxygens (including phenoxy) is 1. The van der Waals surface area contributed by atoms with Gasteiger partial charge in [-0.25, -0.2) is 10.1 Å². The van der Waals surface area contributed by atoms with E-state index in [0.717, 1.165) is 4.68 Å². The first-order valence-electron chi connectivity index (χ1n) is 11.6. The summed E-state index contributed by atoms with van der Waals surface area (Å²) in [6, 6.07) is 17.7. The van der Waals surface area contributed by atoms with E-state index in [2.05, 4.69) is 35.8 Å². The number of nitrogen functional groups attached to an aromatic ring is 1. The van der Waals surface area contributed by atoms with Gasteiger partial charge in [-0.1, -0.05) is 64.8 Å². The Morgan fingerprint density at radius 2 is 1.88 bits per heavy atom. The molecular weight excluding hydrogens is 577 g/mol. The van der Waals surface area contributed by atoms with E-state index in [9.17, 15) is 14.9 Å². The van der Waals surface area contributed by atoms with Crippen LogP contribution in [0.1, 0.15) is 21.6 Å². The van der Waals surface area contributed by atoms with Gasteiger partial charge in [0.2, 0.25) is 11.6 Å². The van der Waals surface area contributed by atoms with Crippen molar-refractivity contribution in [2.75, 3.05) is 5.73 Å². The summed E-state index contributed by atoms with van der Waals surface area (Å²) >= 11 is 12.4. The second kappa shape index (κ2) is 11.8. The molecule has 0 fully saturated rings. The molecule has 0 radical (unpaired) electrons.